The number of halogens is 4. The van der Waals surface area contributed by atoms with Crippen LogP contribution in [0, 0.1) is 0 Å². The van der Waals surface area contributed by atoms with E-state index in [1.807, 2.05) is 58.3 Å². The number of aromatic amines is 1. The van der Waals surface area contributed by atoms with Gasteiger partial charge < -0.3 is 20.1 Å². The molecule has 2 N–H and O–H groups in total. The van der Waals surface area contributed by atoms with E-state index in [1.165, 1.54) is 12.1 Å². The zero-order valence-corrected chi connectivity index (χ0v) is 25.4. The number of piperidine rings is 1. The Labute approximate surface area is 267 Å². The number of hydrogen-bond donors (Lipinski definition) is 2. The highest BCUT2D eigenvalue weighted by Gasteiger charge is 2.34. The molecule has 0 unspecified atom stereocenters. The molecule has 2 aliphatic rings. The quantitative estimate of drug-likeness (QED) is 0.215. The van der Waals surface area contributed by atoms with Gasteiger partial charge in [-0.05, 0) is 72.5 Å². The Kier molecular flexibility index (Phi) is 7.72. The summed E-state index contributed by atoms with van der Waals surface area (Å²) in [6, 6.07) is 20.4. The van der Waals surface area contributed by atoms with Crippen molar-refractivity contribution in [2.45, 2.75) is 31.6 Å². The van der Waals surface area contributed by atoms with Crippen LogP contribution in [0.1, 0.15) is 40.4 Å². The molecule has 7 rings (SSSR count). The fourth-order valence-electron chi connectivity index (χ4n) is 6.54. The fraction of sp³-hybridized carbons (Fsp3) is 0.265. The van der Waals surface area contributed by atoms with Gasteiger partial charge in [0.05, 0.1) is 22.3 Å². The summed E-state index contributed by atoms with van der Waals surface area (Å²) >= 11 is 6.09. The predicted octanol–water partition coefficient (Wildman–Crippen LogP) is 6.97. The number of benzene rings is 3. The van der Waals surface area contributed by atoms with Crippen LogP contribution in [0.2, 0.25) is 5.02 Å². The van der Waals surface area contributed by atoms with Crippen LogP contribution in [-0.4, -0.2) is 51.5 Å². The first-order valence-electron chi connectivity index (χ1n) is 15.1. The zero-order chi connectivity index (χ0) is 32.0. The van der Waals surface area contributed by atoms with E-state index >= 15 is 0 Å². The number of amides is 1. The van der Waals surface area contributed by atoms with E-state index in [4.69, 9.17) is 11.6 Å². The van der Waals surface area contributed by atoms with Crippen LogP contribution in [0.15, 0.2) is 83.8 Å². The van der Waals surface area contributed by atoms with Gasteiger partial charge in [0.1, 0.15) is 5.82 Å². The molecule has 0 radical (unpaired) electrons. The van der Waals surface area contributed by atoms with Crippen molar-refractivity contribution in [3.05, 3.63) is 111 Å². The van der Waals surface area contributed by atoms with Crippen LogP contribution >= 0.6 is 11.6 Å². The number of imidazole rings is 1. The molecule has 0 bridgehead atoms. The number of likely N-dealkylation sites (tertiary alicyclic amines) is 1. The summed E-state index contributed by atoms with van der Waals surface area (Å²) in [6.07, 6.45) is -1.49. The van der Waals surface area contributed by atoms with Crippen molar-refractivity contribution in [2.24, 2.45) is 0 Å². The second kappa shape index (κ2) is 11.9. The second-order valence-electron chi connectivity index (χ2n) is 11.7. The Bertz CT molecular complexity index is 2000. The van der Waals surface area contributed by atoms with Crippen molar-refractivity contribution in [1.82, 2.24) is 19.4 Å². The summed E-state index contributed by atoms with van der Waals surface area (Å²) in [5.41, 5.74) is 3.60. The monoisotopic (exact) mass is 646 g/mol. The van der Waals surface area contributed by atoms with E-state index in [1.54, 1.807) is 16.8 Å². The van der Waals surface area contributed by atoms with Gasteiger partial charge in [0.15, 0.2) is 0 Å². The second-order valence-corrected chi connectivity index (χ2v) is 12.1. The van der Waals surface area contributed by atoms with Crippen molar-refractivity contribution < 1.29 is 18.0 Å². The third-order valence-corrected chi connectivity index (χ3v) is 9.04. The summed E-state index contributed by atoms with van der Waals surface area (Å²) < 4.78 is 43.1. The molecule has 0 aliphatic carbocycles. The van der Waals surface area contributed by atoms with Crippen LogP contribution in [0.3, 0.4) is 0 Å². The highest BCUT2D eigenvalue weighted by Crippen LogP contribution is 2.37. The van der Waals surface area contributed by atoms with Gasteiger partial charge in [-0.2, -0.15) is 13.2 Å². The van der Waals surface area contributed by atoms with Gasteiger partial charge in [0.25, 0.3) is 5.91 Å². The molecule has 236 valence electrons. The lowest BCUT2D eigenvalue weighted by atomic mass is 10.0. The number of anilines is 2. The third-order valence-electron chi connectivity index (χ3n) is 8.80. The Hall–Kier alpha value is -4.77. The molecule has 0 atom stereocenters. The average Bonchev–Trinajstić information content (AvgIpc) is 3.39. The number of carbonyl (C=O) groups is 1. The lowest BCUT2D eigenvalue weighted by Gasteiger charge is -2.33. The van der Waals surface area contributed by atoms with Gasteiger partial charge in [0.2, 0.25) is 0 Å². The first kappa shape index (κ1) is 29.9. The number of rotatable bonds is 5. The molecule has 3 aromatic carbocycles. The van der Waals surface area contributed by atoms with Crippen LogP contribution in [0.25, 0.3) is 22.2 Å². The Morgan fingerprint density at radius 2 is 1.76 bits per heavy atom. The molecule has 5 aromatic rings. The standard InChI is InChI=1S/C34H30ClF3N6O2/c35-25-8-9-27(34(36,37)38)24(17-25)20-43-15-12-39-31-30(43)18-23(19-40-31)21-4-3-5-22(16-21)32(45)42-13-10-26(11-14-42)44-29-7-2-1-6-28(29)41-33(44)46/h1-9,16-19,26H,10-15,20H2,(H,39,40)(H,41,46). The third kappa shape index (κ3) is 5.71. The molecule has 0 spiro atoms. The van der Waals surface area contributed by atoms with E-state index in [9.17, 15) is 22.8 Å². The number of para-hydroxylation sites is 2. The topological polar surface area (TPSA) is 86.3 Å². The van der Waals surface area contributed by atoms with E-state index < -0.39 is 11.7 Å². The van der Waals surface area contributed by atoms with Gasteiger partial charge >= 0.3 is 11.9 Å². The highest BCUT2D eigenvalue weighted by molar-refractivity contribution is 6.30. The molecule has 8 nitrogen and oxygen atoms in total. The van der Waals surface area contributed by atoms with E-state index in [0.29, 0.717) is 56.1 Å². The number of fused-ring (bicyclic) bond motifs is 2. The SMILES string of the molecule is O=C(c1cccc(-c2cnc3c(c2)N(Cc2cc(Cl)ccc2C(F)(F)F)CCN3)c1)N1CCC(n2c(=O)[nH]c3ccccc32)CC1. The number of carbonyl (C=O) groups excluding carboxylic acids is 1. The molecule has 4 heterocycles. The van der Waals surface area contributed by atoms with Crippen LogP contribution in [0.4, 0.5) is 24.7 Å². The molecular formula is C34H30ClF3N6O2. The first-order valence-corrected chi connectivity index (χ1v) is 15.5. The predicted molar refractivity (Wildman–Crippen MR) is 172 cm³/mol. The molecular weight excluding hydrogens is 617 g/mol. The number of nitrogens with one attached hydrogen (secondary N) is 2. The summed E-state index contributed by atoms with van der Waals surface area (Å²) in [7, 11) is 0. The van der Waals surface area contributed by atoms with Crippen molar-refractivity contribution in [3.8, 4) is 11.1 Å². The summed E-state index contributed by atoms with van der Waals surface area (Å²) in [6.45, 7) is 2.04. The van der Waals surface area contributed by atoms with Crippen molar-refractivity contribution in [1.29, 1.82) is 0 Å². The smallest absolute Gasteiger partial charge is 0.367 e. The van der Waals surface area contributed by atoms with Gasteiger partial charge in [-0.1, -0.05) is 35.9 Å². The zero-order valence-electron chi connectivity index (χ0n) is 24.6. The number of hydrogen-bond acceptors (Lipinski definition) is 5. The molecule has 2 aliphatic heterocycles. The Balaban J connectivity index is 1.10. The molecule has 2 aromatic heterocycles. The van der Waals surface area contributed by atoms with Crippen LogP contribution < -0.4 is 15.9 Å². The van der Waals surface area contributed by atoms with Crippen molar-refractivity contribution in [2.75, 3.05) is 36.4 Å². The lowest BCUT2D eigenvalue weighted by Crippen LogP contribution is -2.40. The summed E-state index contributed by atoms with van der Waals surface area (Å²) in [5.74, 6) is 0.483. The number of H-pyrrole nitrogens is 1. The van der Waals surface area contributed by atoms with Crippen LogP contribution in [-0.2, 0) is 12.7 Å². The number of nitrogens with zero attached hydrogens (tertiary/aromatic N) is 4. The number of alkyl halides is 3. The van der Waals surface area contributed by atoms with Gasteiger partial charge in [0, 0.05) is 61.1 Å². The Morgan fingerprint density at radius 1 is 0.957 bits per heavy atom. The minimum atomic E-state index is -4.51. The number of pyridine rings is 1. The lowest BCUT2D eigenvalue weighted by molar-refractivity contribution is -0.138. The molecule has 1 saturated heterocycles. The maximum absolute atomic E-state index is 13.8. The molecule has 1 fully saturated rings. The van der Waals surface area contributed by atoms with Gasteiger partial charge in [-0.25, -0.2) is 9.78 Å². The van der Waals surface area contributed by atoms with Gasteiger partial charge in [-0.3, -0.25) is 9.36 Å². The average molecular weight is 647 g/mol. The van der Waals surface area contributed by atoms with Gasteiger partial charge in [-0.15, -0.1) is 0 Å². The molecule has 0 saturated carbocycles. The minimum Gasteiger partial charge on any atom is -0.367 e. The normalized spacial score (nSPS) is 15.6. The molecule has 12 heteroatoms. The fourth-order valence-corrected chi connectivity index (χ4v) is 6.73. The minimum absolute atomic E-state index is 0.00344. The largest absolute Gasteiger partial charge is 0.416 e. The van der Waals surface area contributed by atoms with E-state index in [-0.39, 0.29) is 34.8 Å². The summed E-state index contributed by atoms with van der Waals surface area (Å²) in [5, 5.41) is 3.47. The maximum Gasteiger partial charge on any atom is 0.416 e. The number of aromatic nitrogens is 3. The van der Waals surface area contributed by atoms with Crippen molar-refractivity contribution in [3.63, 3.8) is 0 Å². The molecule has 46 heavy (non-hydrogen) atoms. The van der Waals surface area contributed by atoms with E-state index in [0.717, 1.165) is 28.2 Å². The maximum atomic E-state index is 13.8. The summed E-state index contributed by atoms with van der Waals surface area (Å²) in [4.78, 5) is 37.4. The highest BCUT2D eigenvalue weighted by atomic mass is 35.5. The van der Waals surface area contributed by atoms with E-state index in [2.05, 4.69) is 15.3 Å². The Morgan fingerprint density at radius 3 is 2.57 bits per heavy atom. The van der Waals surface area contributed by atoms with Crippen LogP contribution in [0.5, 0.6) is 0 Å². The van der Waals surface area contributed by atoms with Crippen molar-refractivity contribution >= 4 is 40.0 Å². The molecule has 1 amide bonds. The first-order chi connectivity index (χ1) is 22.2.